The van der Waals surface area contributed by atoms with Crippen LogP contribution < -0.4 is 4.57 Å². The van der Waals surface area contributed by atoms with Gasteiger partial charge in [-0.25, -0.2) is 0 Å². The average Bonchev–Trinajstić information content (AvgIpc) is 2.98. The number of allylic oxidation sites excluding steroid dienone is 4. The molecule has 0 saturated heterocycles. The fraction of sp³-hybridized carbons (Fsp3) is 0.0263. The van der Waals surface area contributed by atoms with Crippen molar-refractivity contribution >= 4 is 17.0 Å². The van der Waals surface area contributed by atoms with Crippen molar-refractivity contribution in [2.45, 2.75) is 0 Å². The molecule has 1 heterocycles. The van der Waals surface area contributed by atoms with Gasteiger partial charge >= 0.3 is 0 Å². The smallest absolute Gasteiger partial charge is 0.244 e. The average molecular weight is 728 g/mol. The van der Waals surface area contributed by atoms with E-state index in [0.29, 0.717) is 0 Å². The second-order valence-electron chi connectivity index (χ2n) is 6.63. The molecule has 0 unspecified atom stereocenters. The first-order chi connectivity index (χ1) is 19.9. The molecule has 0 fully saturated rings. The first-order valence-corrected chi connectivity index (χ1v) is 11.4. The largest absolute Gasteiger partial charge is 0.693 e. The molecule has 0 aliphatic heterocycles. The van der Waals surface area contributed by atoms with Gasteiger partial charge in [0.2, 0.25) is 17.3 Å². The van der Waals surface area contributed by atoms with Crippen LogP contribution in [0.4, 0.5) is 0 Å². The Bertz CT molecular complexity index is 2050. The third-order valence-corrected chi connectivity index (χ3v) is 4.07. The SMILES string of the molecule is C#CC#CC#CC#CC#CC#CC#CC#CC#CC#CC#C[n+]1c(/C=C/C=C/C=C/[N-]C)ccc2ccccc21.[Ac]. The van der Waals surface area contributed by atoms with E-state index in [1.165, 1.54) is 0 Å². The van der Waals surface area contributed by atoms with Gasteiger partial charge in [0.15, 0.2) is 0 Å². The standard InChI is InChI=1S/C38H16N2.Ac/c1-3-4-5-6-7-8-9-10-11-12-13-14-15-16-17-18-19-20-23-28-35-40-37(30-24-21-22-27-34-39-2)33-32-36-29-25-26-31-38(36)40;/h1,21-22,24-27,29-34H,2H3;. The molecule has 0 aliphatic carbocycles. The van der Waals surface area contributed by atoms with Crippen molar-refractivity contribution in [1.82, 2.24) is 0 Å². The number of hydrogen-bond acceptors (Lipinski definition) is 0. The number of fused-ring (bicyclic) bond motifs is 1. The molecule has 0 amide bonds. The second kappa shape index (κ2) is 23.4. The topological polar surface area (TPSA) is 18.0 Å². The summed E-state index contributed by atoms with van der Waals surface area (Å²) < 4.78 is 1.89. The summed E-state index contributed by atoms with van der Waals surface area (Å²) in [7, 11) is 1.73. The van der Waals surface area contributed by atoms with Crippen LogP contribution in [0.1, 0.15) is 5.69 Å². The molecule has 1 radical (unpaired) electrons. The van der Waals surface area contributed by atoms with Crippen LogP contribution in [0, 0.1) is 175 Å². The van der Waals surface area contributed by atoms with Crippen molar-refractivity contribution in [2.24, 2.45) is 0 Å². The van der Waals surface area contributed by atoms with Crippen molar-refractivity contribution in [3.8, 4) is 131 Å². The molecule has 2 rings (SSSR count). The van der Waals surface area contributed by atoms with E-state index in [4.69, 9.17) is 6.42 Å². The van der Waals surface area contributed by atoms with E-state index in [2.05, 4.69) is 136 Å². The number of terminal acetylenes is 1. The second-order valence-corrected chi connectivity index (χ2v) is 6.63. The van der Waals surface area contributed by atoms with Crippen LogP contribution in [0.3, 0.4) is 0 Å². The third-order valence-electron chi connectivity index (χ3n) is 4.07. The van der Waals surface area contributed by atoms with E-state index in [9.17, 15) is 0 Å². The third kappa shape index (κ3) is 15.3. The van der Waals surface area contributed by atoms with Gasteiger partial charge in [-0.2, -0.15) is 6.20 Å². The quantitative estimate of drug-likeness (QED) is 0.260. The predicted molar refractivity (Wildman–Crippen MR) is 163 cm³/mol. The molecule has 0 aliphatic rings. The normalized spacial score (nSPS) is 7.61. The van der Waals surface area contributed by atoms with Crippen LogP contribution in [-0.2, 0) is 0 Å². The molecule has 1 aromatic heterocycles. The number of hydrogen-bond donors (Lipinski definition) is 0. The summed E-state index contributed by atoms with van der Waals surface area (Å²) in [6.45, 7) is 0. The molecule has 0 saturated carbocycles. The number of pyridine rings is 1. The van der Waals surface area contributed by atoms with Gasteiger partial charge in [0.25, 0.3) is 0 Å². The van der Waals surface area contributed by atoms with E-state index < -0.39 is 0 Å². The van der Waals surface area contributed by atoms with Crippen LogP contribution in [0.2, 0.25) is 0 Å². The number of benzene rings is 1. The summed E-state index contributed by atoms with van der Waals surface area (Å²) >= 11 is 0. The van der Waals surface area contributed by atoms with Gasteiger partial charge in [0.05, 0.1) is 5.92 Å². The summed E-state index contributed by atoms with van der Waals surface area (Å²) in [5, 5.41) is 4.97. The van der Waals surface area contributed by atoms with Crippen molar-refractivity contribution in [3.63, 3.8) is 0 Å². The maximum Gasteiger partial charge on any atom is 0.244 e. The summed E-state index contributed by atoms with van der Waals surface area (Å²) in [5.41, 5.74) is 1.89. The maximum absolute atomic E-state index is 4.95. The molecule has 1 aromatic carbocycles. The van der Waals surface area contributed by atoms with Crippen LogP contribution in [0.5, 0.6) is 0 Å². The summed E-state index contributed by atoms with van der Waals surface area (Å²) in [5.74, 6) is 50.6. The van der Waals surface area contributed by atoms with Gasteiger partial charge in [-0.15, -0.1) is 18.0 Å². The van der Waals surface area contributed by atoms with E-state index in [1.807, 2.05) is 65.3 Å². The van der Waals surface area contributed by atoms with Crippen LogP contribution >= 0.6 is 0 Å². The van der Waals surface area contributed by atoms with E-state index in [0.717, 1.165) is 16.6 Å². The summed E-state index contributed by atoms with van der Waals surface area (Å²) in [6.07, 6.45) is 16.3. The zero-order chi connectivity index (χ0) is 28.4. The van der Waals surface area contributed by atoms with Crippen molar-refractivity contribution in [3.05, 3.63) is 77.9 Å². The van der Waals surface area contributed by atoms with Gasteiger partial charge in [0.1, 0.15) is 0 Å². The minimum atomic E-state index is 0. The maximum atomic E-state index is 4.95. The van der Waals surface area contributed by atoms with Gasteiger partial charge in [-0.3, -0.25) is 0 Å². The minimum Gasteiger partial charge on any atom is -0.693 e. The Balaban J connectivity index is 0.00000840. The molecule has 2 aromatic rings. The molecule has 181 valence electrons. The molecule has 0 atom stereocenters. The Morgan fingerprint density at radius 2 is 1.07 bits per heavy atom. The fourth-order valence-electron chi connectivity index (χ4n) is 2.55. The number of nitrogens with zero attached hydrogens (tertiary/aromatic N) is 2. The van der Waals surface area contributed by atoms with Crippen LogP contribution in [0.15, 0.2) is 66.9 Å². The first-order valence-electron chi connectivity index (χ1n) is 11.4. The molecular weight excluding hydrogens is 711 g/mol. The zero-order valence-electron chi connectivity index (χ0n) is 22.0. The molecule has 41 heavy (non-hydrogen) atoms. The van der Waals surface area contributed by atoms with Gasteiger partial charge in [0, 0.05) is 133 Å². The zero-order valence-corrected chi connectivity index (χ0v) is 26.7. The van der Waals surface area contributed by atoms with Crippen LogP contribution in [-0.4, -0.2) is 7.05 Å². The minimum absolute atomic E-state index is 0. The Hall–Kier alpha value is -5.75. The first kappa shape index (κ1) is 33.3. The van der Waals surface area contributed by atoms with Crippen LogP contribution in [0.25, 0.3) is 22.3 Å². The Morgan fingerprint density at radius 1 is 0.585 bits per heavy atom. The predicted octanol–water partition coefficient (Wildman–Crippen LogP) is 3.69. The molecule has 0 spiro atoms. The monoisotopic (exact) mass is 727 g/mol. The van der Waals surface area contributed by atoms with E-state index in [-0.39, 0.29) is 44.1 Å². The van der Waals surface area contributed by atoms with Gasteiger partial charge < -0.3 is 5.32 Å². The Morgan fingerprint density at radius 3 is 1.61 bits per heavy atom. The van der Waals surface area contributed by atoms with Crippen molar-refractivity contribution in [1.29, 1.82) is 0 Å². The summed E-state index contributed by atoms with van der Waals surface area (Å²) in [6, 6.07) is 15.1. The molecule has 0 N–H and O–H groups in total. The Kier molecular flexibility index (Phi) is 19.0. The number of rotatable bonds is 4. The number of aromatic nitrogens is 1. The number of para-hydroxylation sites is 1. The molecule has 3 heteroatoms. The van der Waals surface area contributed by atoms with Crippen molar-refractivity contribution in [2.75, 3.05) is 7.05 Å². The molecule has 2 nitrogen and oxygen atoms in total. The Labute approximate surface area is 279 Å². The van der Waals surface area contributed by atoms with Gasteiger partial charge in [-0.05, 0) is 59.5 Å². The van der Waals surface area contributed by atoms with Gasteiger partial charge in [-0.1, -0.05) is 36.4 Å². The molecule has 0 bridgehead atoms. The van der Waals surface area contributed by atoms with E-state index in [1.54, 1.807) is 13.2 Å². The molecular formula is C38H16AcN2. The van der Waals surface area contributed by atoms with Crippen molar-refractivity contribution < 1.29 is 48.6 Å². The summed E-state index contributed by atoms with van der Waals surface area (Å²) in [4.78, 5) is 0. The fourth-order valence-corrected chi connectivity index (χ4v) is 2.55. The van der Waals surface area contributed by atoms with E-state index >= 15 is 0 Å².